The van der Waals surface area contributed by atoms with E-state index in [0.717, 1.165) is 17.2 Å². The van der Waals surface area contributed by atoms with Crippen LogP contribution in [0.3, 0.4) is 0 Å². The fraction of sp³-hybridized carbons (Fsp3) is 0.231. The molecule has 0 aliphatic heterocycles. The molecule has 2 heterocycles. The number of pyridine rings is 1. The van der Waals surface area contributed by atoms with Gasteiger partial charge in [0, 0.05) is 18.9 Å². The molecule has 0 bridgehead atoms. The number of aromatic nitrogens is 1. The lowest BCUT2D eigenvalue weighted by Gasteiger charge is -2.04. The van der Waals surface area contributed by atoms with Gasteiger partial charge in [-0.05, 0) is 31.2 Å². The largest absolute Gasteiger partial charge is 0.465 e. The van der Waals surface area contributed by atoms with E-state index in [1.165, 1.54) is 0 Å². The molecule has 0 aliphatic rings. The second kappa shape index (κ2) is 5.35. The maximum absolute atomic E-state index is 11.8. The summed E-state index contributed by atoms with van der Waals surface area (Å²) in [5.74, 6) is 1.33. The fourth-order valence-electron chi connectivity index (χ4n) is 1.55. The summed E-state index contributed by atoms with van der Waals surface area (Å²) < 4.78 is 5.37. The summed E-state index contributed by atoms with van der Waals surface area (Å²) in [6.07, 6.45) is 1.60. The number of hydrogen-bond donors (Lipinski definition) is 2. The number of nitrogens with one attached hydrogen (secondary N) is 2. The van der Waals surface area contributed by atoms with Gasteiger partial charge in [-0.3, -0.25) is 9.78 Å². The lowest BCUT2D eigenvalue weighted by atomic mass is 10.3. The smallest absolute Gasteiger partial charge is 0.270 e. The van der Waals surface area contributed by atoms with Gasteiger partial charge in [0.2, 0.25) is 0 Å². The number of furan rings is 1. The Hall–Kier alpha value is -2.30. The van der Waals surface area contributed by atoms with Gasteiger partial charge in [0.15, 0.2) is 0 Å². The molecule has 5 nitrogen and oxygen atoms in total. The van der Waals surface area contributed by atoms with E-state index in [1.54, 1.807) is 25.4 Å². The van der Waals surface area contributed by atoms with E-state index in [0.29, 0.717) is 12.2 Å². The molecule has 0 fully saturated rings. The minimum absolute atomic E-state index is 0.221. The standard InChI is InChI=1S/C13H15N3O2/c1-9-3-4-11(18-9)8-16-13(17)12-7-10(14-2)5-6-15-12/h3-7H,8H2,1-2H3,(H,14,15)(H,16,17). The average Bonchev–Trinajstić information content (AvgIpc) is 2.82. The first-order valence-electron chi connectivity index (χ1n) is 5.66. The summed E-state index contributed by atoms with van der Waals surface area (Å²) in [5, 5.41) is 5.72. The van der Waals surface area contributed by atoms with E-state index in [-0.39, 0.29) is 5.91 Å². The third-order valence-corrected chi connectivity index (χ3v) is 2.50. The van der Waals surface area contributed by atoms with E-state index in [2.05, 4.69) is 15.6 Å². The quantitative estimate of drug-likeness (QED) is 0.864. The van der Waals surface area contributed by atoms with Gasteiger partial charge in [0.25, 0.3) is 5.91 Å². The minimum atomic E-state index is -0.221. The number of carbonyl (C=O) groups excluding carboxylic acids is 1. The molecule has 2 aromatic rings. The summed E-state index contributed by atoms with van der Waals surface area (Å²) in [6, 6.07) is 7.20. The Morgan fingerprint density at radius 2 is 2.22 bits per heavy atom. The molecule has 0 saturated carbocycles. The van der Waals surface area contributed by atoms with Crippen molar-refractivity contribution in [3.63, 3.8) is 0 Å². The van der Waals surface area contributed by atoms with Crippen LogP contribution in [0.2, 0.25) is 0 Å². The van der Waals surface area contributed by atoms with E-state index < -0.39 is 0 Å². The second-order valence-corrected chi connectivity index (χ2v) is 3.87. The number of amides is 1. The van der Waals surface area contributed by atoms with Crippen molar-refractivity contribution < 1.29 is 9.21 Å². The highest BCUT2D eigenvalue weighted by Crippen LogP contribution is 2.08. The Morgan fingerprint density at radius 1 is 1.39 bits per heavy atom. The average molecular weight is 245 g/mol. The lowest BCUT2D eigenvalue weighted by molar-refractivity contribution is 0.0943. The SMILES string of the molecule is CNc1ccnc(C(=O)NCc2ccc(C)o2)c1. The van der Waals surface area contributed by atoms with Crippen LogP contribution in [0.15, 0.2) is 34.9 Å². The summed E-state index contributed by atoms with van der Waals surface area (Å²) in [4.78, 5) is 15.9. The monoisotopic (exact) mass is 245 g/mol. The van der Waals surface area contributed by atoms with Crippen molar-refractivity contribution in [1.29, 1.82) is 0 Å². The maximum atomic E-state index is 11.8. The number of hydrogen-bond acceptors (Lipinski definition) is 4. The van der Waals surface area contributed by atoms with Crippen LogP contribution in [0, 0.1) is 6.92 Å². The molecule has 5 heteroatoms. The number of nitrogens with zero attached hydrogens (tertiary/aromatic N) is 1. The van der Waals surface area contributed by atoms with Crippen molar-refractivity contribution in [3.05, 3.63) is 47.7 Å². The normalized spacial score (nSPS) is 10.1. The molecular formula is C13H15N3O2. The van der Waals surface area contributed by atoms with Crippen molar-refractivity contribution in [2.75, 3.05) is 12.4 Å². The maximum Gasteiger partial charge on any atom is 0.270 e. The van der Waals surface area contributed by atoms with E-state index in [9.17, 15) is 4.79 Å². The zero-order valence-corrected chi connectivity index (χ0v) is 10.4. The first-order valence-corrected chi connectivity index (χ1v) is 5.66. The highest BCUT2D eigenvalue weighted by atomic mass is 16.3. The van der Waals surface area contributed by atoms with Crippen LogP contribution in [0.25, 0.3) is 0 Å². The molecule has 0 aromatic carbocycles. The Labute approximate surface area is 105 Å². The highest BCUT2D eigenvalue weighted by Gasteiger charge is 2.08. The van der Waals surface area contributed by atoms with Crippen molar-refractivity contribution in [2.45, 2.75) is 13.5 Å². The number of rotatable bonds is 4. The van der Waals surface area contributed by atoms with Gasteiger partial charge in [-0.1, -0.05) is 0 Å². The Bertz CT molecular complexity index is 549. The molecule has 0 spiro atoms. The van der Waals surface area contributed by atoms with Crippen molar-refractivity contribution in [3.8, 4) is 0 Å². The van der Waals surface area contributed by atoms with Crippen LogP contribution in [-0.2, 0) is 6.54 Å². The molecule has 0 radical (unpaired) electrons. The van der Waals surface area contributed by atoms with E-state index in [1.807, 2.05) is 19.1 Å². The summed E-state index contributed by atoms with van der Waals surface area (Å²) >= 11 is 0. The van der Waals surface area contributed by atoms with Gasteiger partial charge in [-0.15, -0.1) is 0 Å². The molecule has 0 atom stereocenters. The van der Waals surface area contributed by atoms with Gasteiger partial charge in [0.1, 0.15) is 17.2 Å². The number of carbonyl (C=O) groups is 1. The van der Waals surface area contributed by atoms with E-state index >= 15 is 0 Å². The van der Waals surface area contributed by atoms with Gasteiger partial charge >= 0.3 is 0 Å². The van der Waals surface area contributed by atoms with Crippen LogP contribution in [-0.4, -0.2) is 17.9 Å². The molecule has 0 aliphatic carbocycles. The Morgan fingerprint density at radius 3 is 2.89 bits per heavy atom. The Kier molecular flexibility index (Phi) is 3.62. The van der Waals surface area contributed by atoms with E-state index in [4.69, 9.17) is 4.42 Å². The van der Waals surface area contributed by atoms with Crippen LogP contribution in [0.1, 0.15) is 22.0 Å². The fourth-order valence-corrected chi connectivity index (χ4v) is 1.55. The molecule has 2 rings (SSSR count). The summed E-state index contributed by atoms with van der Waals surface area (Å²) in [7, 11) is 1.79. The van der Waals surface area contributed by atoms with Gasteiger partial charge in [-0.25, -0.2) is 0 Å². The lowest BCUT2D eigenvalue weighted by Crippen LogP contribution is -2.23. The molecular weight excluding hydrogens is 230 g/mol. The zero-order valence-electron chi connectivity index (χ0n) is 10.4. The first-order chi connectivity index (χ1) is 8.69. The molecule has 1 amide bonds. The van der Waals surface area contributed by atoms with Crippen LogP contribution >= 0.6 is 0 Å². The Balaban J connectivity index is 1.99. The number of anilines is 1. The highest BCUT2D eigenvalue weighted by molar-refractivity contribution is 5.92. The van der Waals surface area contributed by atoms with Crippen LogP contribution < -0.4 is 10.6 Å². The van der Waals surface area contributed by atoms with Crippen molar-refractivity contribution in [2.24, 2.45) is 0 Å². The first kappa shape index (κ1) is 12.2. The second-order valence-electron chi connectivity index (χ2n) is 3.87. The van der Waals surface area contributed by atoms with Gasteiger partial charge in [-0.2, -0.15) is 0 Å². The molecule has 2 aromatic heterocycles. The third-order valence-electron chi connectivity index (χ3n) is 2.50. The predicted molar refractivity (Wildman–Crippen MR) is 68.4 cm³/mol. The summed E-state index contributed by atoms with van der Waals surface area (Å²) in [6.45, 7) is 2.22. The van der Waals surface area contributed by atoms with Crippen LogP contribution in [0.4, 0.5) is 5.69 Å². The molecule has 94 valence electrons. The van der Waals surface area contributed by atoms with Crippen molar-refractivity contribution >= 4 is 11.6 Å². The van der Waals surface area contributed by atoms with Gasteiger partial charge < -0.3 is 15.1 Å². The summed E-state index contributed by atoms with van der Waals surface area (Å²) in [5.41, 5.74) is 1.23. The minimum Gasteiger partial charge on any atom is -0.465 e. The molecule has 0 unspecified atom stereocenters. The number of aryl methyl sites for hydroxylation is 1. The molecule has 0 saturated heterocycles. The van der Waals surface area contributed by atoms with Crippen LogP contribution in [0.5, 0.6) is 0 Å². The van der Waals surface area contributed by atoms with Crippen molar-refractivity contribution in [1.82, 2.24) is 10.3 Å². The topological polar surface area (TPSA) is 67.2 Å². The molecule has 2 N–H and O–H groups in total. The zero-order chi connectivity index (χ0) is 13.0. The molecule has 18 heavy (non-hydrogen) atoms. The van der Waals surface area contributed by atoms with Gasteiger partial charge in [0.05, 0.1) is 6.54 Å². The third kappa shape index (κ3) is 2.88. The predicted octanol–water partition coefficient (Wildman–Crippen LogP) is 1.95.